The van der Waals surface area contributed by atoms with Crippen molar-refractivity contribution in [2.24, 2.45) is 17.3 Å². The minimum absolute atomic E-state index is 0.114. The van der Waals surface area contributed by atoms with Gasteiger partial charge in [0.25, 0.3) is 0 Å². The van der Waals surface area contributed by atoms with Gasteiger partial charge in [0.15, 0.2) is 0 Å². The Morgan fingerprint density at radius 3 is 1.80 bits per heavy atom. The van der Waals surface area contributed by atoms with Gasteiger partial charge < -0.3 is 10.2 Å². The van der Waals surface area contributed by atoms with Gasteiger partial charge in [-0.2, -0.15) is 0 Å². The predicted molar refractivity (Wildman–Crippen MR) is 64.7 cm³/mol. The van der Waals surface area contributed by atoms with Crippen molar-refractivity contribution < 1.29 is 10.2 Å². The Morgan fingerprint density at radius 2 is 1.53 bits per heavy atom. The van der Waals surface area contributed by atoms with E-state index in [-0.39, 0.29) is 17.9 Å². The van der Waals surface area contributed by atoms with Crippen LogP contribution in [0.15, 0.2) is 0 Å². The van der Waals surface area contributed by atoms with Crippen LogP contribution < -0.4 is 0 Å². The van der Waals surface area contributed by atoms with Crippen LogP contribution in [-0.4, -0.2) is 22.9 Å². The van der Waals surface area contributed by atoms with Crippen molar-refractivity contribution in [1.29, 1.82) is 0 Å². The molecule has 0 aliphatic carbocycles. The van der Waals surface area contributed by atoms with Crippen LogP contribution in [-0.2, 0) is 0 Å². The average Bonchev–Trinajstić information content (AvgIpc) is 2.15. The van der Waals surface area contributed by atoms with Crippen LogP contribution in [0.4, 0.5) is 0 Å². The van der Waals surface area contributed by atoms with Crippen LogP contribution in [0.5, 0.6) is 0 Å². The molecule has 2 nitrogen and oxygen atoms in total. The maximum atomic E-state index is 9.86. The highest BCUT2D eigenvalue weighted by atomic mass is 16.3. The molecule has 2 atom stereocenters. The molecule has 0 radical (unpaired) electrons. The van der Waals surface area contributed by atoms with Gasteiger partial charge in [-0.15, -0.1) is 0 Å². The monoisotopic (exact) mass is 216 g/mol. The zero-order valence-electron chi connectivity index (χ0n) is 11.0. The maximum absolute atomic E-state index is 9.86. The van der Waals surface area contributed by atoms with E-state index in [9.17, 15) is 5.11 Å². The van der Waals surface area contributed by atoms with E-state index >= 15 is 0 Å². The largest absolute Gasteiger partial charge is 0.394 e. The first kappa shape index (κ1) is 14.9. The van der Waals surface area contributed by atoms with Gasteiger partial charge in [-0.25, -0.2) is 0 Å². The first-order valence-corrected chi connectivity index (χ1v) is 6.14. The van der Waals surface area contributed by atoms with Gasteiger partial charge in [0.1, 0.15) is 0 Å². The molecule has 2 N–H and O–H groups in total. The molecule has 2 unspecified atom stereocenters. The molecule has 92 valence electrons. The van der Waals surface area contributed by atoms with E-state index in [0.29, 0.717) is 5.92 Å². The van der Waals surface area contributed by atoms with Crippen LogP contribution in [0.25, 0.3) is 0 Å². The molecule has 0 saturated carbocycles. The van der Waals surface area contributed by atoms with Crippen LogP contribution in [0.1, 0.15) is 53.9 Å². The fourth-order valence-electron chi connectivity index (χ4n) is 2.35. The molecule has 0 spiro atoms. The molecule has 2 heteroatoms. The Morgan fingerprint density at radius 1 is 1.07 bits per heavy atom. The summed E-state index contributed by atoms with van der Waals surface area (Å²) >= 11 is 0. The molecule has 0 heterocycles. The molecule has 0 aliphatic heterocycles. The molecular formula is C13H28O2. The summed E-state index contributed by atoms with van der Waals surface area (Å²) in [6, 6.07) is 0. The van der Waals surface area contributed by atoms with Crippen LogP contribution in [0, 0.1) is 17.3 Å². The smallest absolute Gasteiger partial charge is 0.0801 e. The lowest BCUT2D eigenvalue weighted by molar-refractivity contribution is 0.00295. The summed E-state index contributed by atoms with van der Waals surface area (Å²) in [7, 11) is 0. The van der Waals surface area contributed by atoms with E-state index in [1.54, 1.807) is 0 Å². The Balaban J connectivity index is 4.56. The number of hydrogen-bond acceptors (Lipinski definition) is 2. The minimum atomic E-state index is -0.561. The molecule has 0 rings (SSSR count). The number of aliphatic hydroxyl groups is 2. The number of rotatable bonds is 6. The quantitative estimate of drug-likeness (QED) is 0.717. The zero-order chi connectivity index (χ0) is 12.1. The topological polar surface area (TPSA) is 40.5 Å². The molecule has 0 aliphatic rings. The van der Waals surface area contributed by atoms with Crippen molar-refractivity contribution >= 4 is 0 Å². The first-order chi connectivity index (χ1) is 6.85. The Hall–Kier alpha value is -0.0800. The summed E-state index contributed by atoms with van der Waals surface area (Å²) < 4.78 is 0. The zero-order valence-corrected chi connectivity index (χ0v) is 11.0. The average molecular weight is 216 g/mol. The van der Waals surface area contributed by atoms with Gasteiger partial charge in [-0.1, -0.05) is 47.5 Å². The van der Waals surface area contributed by atoms with Gasteiger partial charge >= 0.3 is 0 Å². The van der Waals surface area contributed by atoms with E-state index < -0.39 is 6.10 Å². The Bertz CT molecular complexity index is 156. The lowest BCUT2D eigenvalue weighted by Gasteiger charge is -2.34. The summed E-state index contributed by atoms with van der Waals surface area (Å²) in [4.78, 5) is 0. The summed E-state index contributed by atoms with van der Waals surface area (Å²) in [6.07, 6.45) is 2.57. The van der Waals surface area contributed by atoms with E-state index in [1.807, 2.05) is 0 Å². The van der Waals surface area contributed by atoms with Crippen molar-refractivity contribution in [2.45, 2.75) is 60.0 Å². The van der Waals surface area contributed by atoms with Gasteiger partial charge in [0, 0.05) is 0 Å². The van der Waals surface area contributed by atoms with Crippen LogP contribution >= 0.6 is 0 Å². The van der Waals surface area contributed by atoms with Crippen molar-refractivity contribution in [3.8, 4) is 0 Å². The third kappa shape index (κ3) is 5.53. The molecule has 0 aromatic carbocycles. The fourth-order valence-corrected chi connectivity index (χ4v) is 2.35. The lowest BCUT2D eigenvalue weighted by atomic mass is 9.74. The van der Waals surface area contributed by atoms with Crippen molar-refractivity contribution in [1.82, 2.24) is 0 Å². The predicted octanol–water partition coefficient (Wildman–Crippen LogP) is 2.83. The molecule has 15 heavy (non-hydrogen) atoms. The standard InChI is InChI=1S/C13H28O2/c1-6-10(7-2)11(12(15)9-14)8-13(3,4)5/h10-12,14-15H,6-9H2,1-5H3. The molecule has 0 bridgehead atoms. The second-order valence-electron chi connectivity index (χ2n) is 5.76. The lowest BCUT2D eigenvalue weighted by Crippen LogP contribution is -2.33. The third-order valence-electron chi connectivity index (χ3n) is 3.18. The fraction of sp³-hybridized carbons (Fsp3) is 1.00. The highest BCUT2D eigenvalue weighted by molar-refractivity contribution is 4.79. The van der Waals surface area contributed by atoms with E-state index in [0.717, 1.165) is 19.3 Å². The SMILES string of the molecule is CCC(CC)C(CC(C)(C)C)C(O)CO. The highest BCUT2D eigenvalue weighted by Gasteiger charge is 2.29. The van der Waals surface area contributed by atoms with Gasteiger partial charge in [0.2, 0.25) is 0 Å². The Kier molecular flexibility index (Phi) is 6.46. The molecule has 0 fully saturated rings. The van der Waals surface area contributed by atoms with E-state index in [4.69, 9.17) is 5.11 Å². The number of hydrogen-bond donors (Lipinski definition) is 2. The summed E-state index contributed by atoms with van der Waals surface area (Å²) in [5.74, 6) is 0.747. The molecule has 0 amide bonds. The summed E-state index contributed by atoms with van der Waals surface area (Å²) in [5, 5.41) is 19.0. The van der Waals surface area contributed by atoms with Crippen molar-refractivity contribution in [2.75, 3.05) is 6.61 Å². The Labute approximate surface area is 94.7 Å². The molecular weight excluding hydrogens is 188 g/mol. The minimum Gasteiger partial charge on any atom is -0.394 e. The van der Waals surface area contributed by atoms with Crippen LogP contribution in [0.2, 0.25) is 0 Å². The van der Waals surface area contributed by atoms with Crippen LogP contribution in [0.3, 0.4) is 0 Å². The van der Waals surface area contributed by atoms with Gasteiger partial charge in [0.05, 0.1) is 12.7 Å². The second kappa shape index (κ2) is 6.49. The van der Waals surface area contributed by atoms with E-state index in [2.05, 4.69) is 34.6 Å². The van der Waals surface area contributed by atoms with Crippen molar-refractivity contribution in [3.63, 3.8) is 0 Å². The van der Waals surface area contributed by atoms with Gasteiger partial charge in [-0.3, -0.25) is 0 Å². The molecule has 0 aromatic heterocycles. The van der Waals surface area contributed by atoms with Crippen molar-refractivity contribution in [3.05, 3.63) is 0 Å². The highest BCUT2D eigenvalue weighted by Crippen LogP contribution is 2.34. The molecule has 0 aromatic rings. The van der Waals surface area contributed by atoms with E-state index in [1.165, 1.54) is 0 Å². The summed E-state index contributed by atoms with van der Waals surface area (Å²) in [5.41, 5.74) is 0.212. The molecule has 0 saturated heterocycles. The summed E-state index contributed by atoms with van der Waals surface area (Å²) in [6.45, 7) is 10.8. The van der Waals surface area contributed by atoms with Gasteiger partial charge in [-0.05, 0) is 23.7 Å². The third-order valence-corrected chi connectivity index (χ3v) is 3.18. The normalized spacial score (nSPS) is 16.8. The first-order valence-electron chi connectivity index (χ1n) is 6.14. The number of aliphatic hydroxyl groups excluding tert-OH is 2. The maximum Gasteiger partial charge on any atom is 0.0801 e. The second-order valence-corrected chi connectivity index (χ2v) is 5.76.